The molecule has 9 heteroatoms. The Morgan fingerprint density at radius 1 is 1.26 bits per heavy atom. The second kappa shape index (κ2) is 9.91. The zero-order valence-electron chi connectivity index (χ0n) is 21.9. The van der Waals surface area contributed by atoms with E-state index in [2.05, 4.69) is 21.3 Å². The average Bonchev–Trinajstić information content (AvgIpc) is 3.39. The predicted molar refractivity (Wildman–Crippen MR) is 140 cm³/mol. The molecule has 1 spiro atoms. The second-order valence-electron chi connectivity index (χ2n) is 10.6. The molecule has 1 saturated heterocycles. The molecule has 2 heterocycles. The highest BCUT2D eigenvalue weighted by molar-refractivity contribution is 5.91. The number of piperidine rings is 1. The van der Waals surface area contributed by atoms with Gasteiger partial charge in [-0.25, -0.2) is 13.6 Å². The number of carbonyl (C=O) groups is 1. The number of H-pyrrole nitrogens is 1. The maximum Gasteiger partial charge on any atom is 0.337 e. The summed E-state index contributed by atoms with van der Waals surface area (Å²) >= 11 is 0. The van der Waals surface area contributed by atoms with Crippen molar-refractivity contribution in [3.05, 3.63) is 58.8 Å². The van der Waals surface area contributed by atoms with Gasteiger partial charge in [-0.15, -0.1) is 0 Å². The molecule has 0 amide bonds. The number of likely N-dealkylation sites (tertiary alicyclic amines) is 1. The van der Waals surface area contributed by atoms with Crippen LogP contribution in [0.5, 0.6) is 5.75 Å². The number of aromatic amines is 1. The SMILES string of the molecule is COC(=O)c1ccc([C@H]2CC3(CCN2Cc2c(OC)cc(C)c4[nH]ccc24)CC(F)(F)C3)c(NCC#N)c1. The van der Waals surface area contributed by atoms with Crippen LogP contribution in [0.3, 0.4) is 0 Å². The molecule has 0 radical (unpaired) electrons. The molecule has 38 heavy (non-hydrogen) atoms. The number of fused-ring (bicyclic) bond motifs is 1. The molecular weight excluding hydrogens is 490 g/mol. The van der Waals surface area contributed by atoms with Gasteiger partial charge in [-0.1, -0.05) is 6.07 Å². The molecule has 1 atom stereocenters. The fraction of sp³-hybridized carbons (Fsp3) is 0.448. The zero-order chi connectivity index (χ0) is 27.1. The van der Waals surface area contributed by atoms with Crippen molar-refractivity contribution in [1.29, 1.82) is 5.26 Å². The van der Waals surface area contributed by atoms with E-state index in [4.69, 9.17) is 9.47 Å². The molecule has 5 rings (SSSR count). The summed E-state index contributed by atoms with van der Waals surface area (Å²) in [4.78, 5) is 17.9. The third-order valence-electron chi connectivity index (χ3n) is 8.15. The normalized spacial score (nSPS) is 20.1. The molecule has 2 aromatic carbocycles. The molecule has 1 aliphatic carbocycles. The highest BCUT2D eigenvalue weighted by atomic mass is 19.3. The number of ether oxygens (including phenoxy) is 2. The van der Waals surface area contributed by atoms with Gasteiger partial charge in [0.15, 0.2) is 0 Å². The van der Waals surface area contributed by atoms with Crippen LogP contribution < -0.4 is 10.1 Å². The zero-order valence-corrected chi connectivity index (χ0v) is 21.9. The molecule has 2 fully saturated rings. The van der Waals surface area contributed by atoms with E-state index in [0.717, 1.165) is 33.3 Å². The Balaban J connectivity index is 1.57. The number of rotatable bonds is 7. The van der Waals surface area contributed by atoms with Crippen LogP contribution in [-0.2, 0) is 11.3 Å². The lowest BCUT2D eigenvalue weighted by molar-refractivity contribution is -0.186. The predicted octanol–water partition coefficient (Wildman–Crippen LogP) is 5.96. The second-order valence-corrected chi connectivity index (χ2v) is 10.6. The minimum absolute atomic E-state index is 0.0450. The third-order valence-corrected chi connectivity index (χ3v) is 8.15. The van der Waals surface area contributed by atoms with E-state index >= 15 is 0 Å². The van der Waals surface area contributed by atoms with Gasteiger partial charge in [-0.2, -0.15) is 5.26 Å². The lowest BCUT2D eigenvalue weighted by Gasteiger charge is -2.55. The van der Waals surface area contributed by atoms with Gasteiger partial charge in [-0.3, -0.25) is 4.90 Å². The van der Waals surface area contributed by atoms with Crippen LogP contribution in [0.15, 0.2) is 36.5 Å². The van der Waals surface area contributed by atoms with Crippen molar-refractivity contribution in [2.24, 2.45) is 5.41 Å². The molecule has 1 saturated carbocycles. The number of benzene rings is 2. The molecule has 0 bridgehead atoms. The Morgan fingerprint density at radius 2 is 2.05 bits per heavy atom. The van der Waals surface area contributed by atoms with E-state index < -0.39 is 17.3 Å². The van der Waals surface area contributed by atoms with Gasteiger partial charge in [0, 0.05) is 53.8 Å². The largest absolute Gasteiger partial charge is 0.496 e. The van der Waals surface area contributed by atoms with Gasteiger partial charge in [0.2, 0.25) is 5.92 Å². The van der Waals surface area contributed by atoms with Gasteiger partial charge < -0.3 is 19.8 Å². The first-order valence-electron chi connectivity index (χ1n) is 12.8. The number of hydrogen-bond donors (Lipinski definition) is 2. The topological polar surface area (TPSA) is 90.4 Å². The number of halogens is 2. The van der Waals surface area contributed by atoms with Gasteiger partial charge in [0.1, 0.15) is 12.3 Å². The summed E-state index contributed by atoms with van der Waals surface area (Å²) in [5.74, 6) is -2.32. The summed E-state index contributed by atoms with van der Waals surface area (Å²) in [6, 6.07) is 11.2. The van der Waals surface area contributed by atoms with Crippen molar-refractivity contribution < 1.29 is 23.0 Å². The molecule has 2 aliphatic rings. The van der Waals surface area contributed by atoms with Crippen molar-refractivity contribution in [1.82, 2.24) is 9.88 Å². The molecule has 2 N–H and O–H groups in total. The Morgan fingerprint density at radius 3 is 2.74 bits per heavy atom. The fourth-order valence-corrected chi connectivity index (χ4v) is 6.40. The van der Waals surface area contributed by atoms with Crippen LogP contribution in [0.25, 0.3) is 10.9 Å². The highest BCUT2D eigenvalue weighted by Gasteiger charge is 2.58. The number of esters is 1. The van der Waals surface area contributed by atoms with Crippen molar-refractivity contribution in [2.45, 2.75) is 51.1 Å². The highest BCUT2D eigenvalue weighted by Crippen LogP contribution is 2.61. The quantitative estimate of drug-likeness (QED) is 0.294. The minimum Gasteiger partial charge on any atom is -0.496 e. The van der Waals surface area contributed by atoms with Crippen LogP contribution in [0.1, 0.15) is 58.8 Å². The molecule has 0 unspecified atom stereocenters. The van der Waals surface area contributed by atoms with Gasteiger partial charge in [0.25, 0.3) is 0 Å². The van der Waals surface area contributed by atoms with E-state index in [0.29, 0.717) is 37.2 Å². The number of anilines is 1. The number of aryl methyl sites for hydroxylation is 1. The van der Waals surface area contributed by atoms with Crippen molar-refractivity contribution in [2.75, 3.05) is 32.6 Å². The summed E-state index contributed by atoms with van der Waals surface area (Å²) in [6.07, 6.45) is 2.94. The Bertz CT molecular complexity index is 1400. The maximum absolute atomic E-state index is 14.1. The lowest BCUT2D eigenvalue weighted by atomic mass is 9.58. The molecule has 3 aromatic rings. The number of nitrogens with one attached hydrogen (secondary N) is 2. The first-order chi connectivity index (χ1) is 18.2. The summed E-state index contributed by atoms with van der Waals surface area (Å²) in [6.45, 7) is 3.28. The van der Waals surface area contributed by atoms with Crippen LogP contribution in [0, 0.1) is 23.7 Å². The number of aromatic nitrogens is 1. The summed E-state index contributed by atoms with van der Waals surface area (Å²) in [5, 5.41) is 13.4. The fourth-order valence-electron chi connectivity index (χ4n) is 6.40. The molecule has 1 aliphatic heterocycles. The Kier molecular flexibility index (Phi) is 6.78. The van der Waals surface area contributed by atoms with Crippen LogP contribution in [0.2, 0.25) is 0 Å². The van der Waals surface area contributed by atoms with Crippen molar-refractivity contribution in [3.63, 3.8) is 0 Å². The van der Waals surface area contributed by atoms with Gasteiger partial charge >= 0.3 is 5.97 Å². The lowest BCUT2D eigenvalue weighted by Crippen LogP contribution is -2.53. The van der Waals surface area contributed by atoms with E-state index in [1.165, 1.54) is 7.11 Å². The summed E-state index contributed by atoms with van der Waals surface area (Å²) in [7, 11) is 2.98. The molecule has 1 aromatic heterocycles. The molecule has 7 nitrogen and oxygen atoms in total. The summed E-state index contributed by atoms with van der Waals surface area (Å²) in [5.41, 5.74) is 4.60. The van der Waals surface area contributed by atoms with Crippen molar-refractivity contribution in [3.8, 4) is 11.8 Å². The molecular formula is C29H32F2N4O3. The monoisotopic (exact) mass is 522 g/mol. The van der Waals surface area contributed by atoms with Gasteiger partial charge in [-0.05, 0) is 67.1 Å². The van der Waals surface area contributed by atoms with Gasteiger partial charge in [0.05, 0.1) is 25.9 Å². The standard InChI is InChI=1S/C29H32F2N4O3/c1-18-12-25(37-2)22(20-6-9-34-26(18)20)15-35-11-7-28(16-29(30,31)17-28)14-24(35)21-5-4-19(27(36)38-3)13-23(21)33-10-8-32/h4-6,9,12-13,24,33-34H,7,10-11,14-17H2,1-3H3/t24-/m1/s1. The van der Waals surface area contributed by atoms with E-state index in [9.17, 15) is 18.8 Å². The Labute approximate surface area is 220 Å². The number of hydrogen-bond acceptors (Lipinski definition) is 6. The van der Waals surface area contributed by atoms with Crippen molar-refractivity contribution >= 4 is 22.6 Å². The number of nitriles is 1. The number of alkyl halides is 2. The van der Waals surface area contributed by atoms with E-state index in [1.54, 1.807) is 19.2 Å². The Hall–Kier alpha value is -3.64. The van der Waals surface area contributed by atoms with Crippen LogP contribution in [0.4, 0.5) is 14.5 Å². The van der Waals surface area contributed by atoms with E-state index in [1.807, 2.05) is 31.3 Å². The minimum atomic E-state index is -2.62. The number of carbonyl (C=O) groups excluding carboxylic acids is 1. The van der Waals surface area contributed by atoms with Crippen LogP contribution in [-0.4, -0.2) is 49.1 Å². The maximum atomic E-state index is 14.1. The number of nitrogens with zero attached hydrogens (tertiary/aromatic N) is 2. The first kappa shape index (κ1) is 26.0. The number of methoxy groups -OCH3 is 2. The molecule has 200 valence electrons. The van der Waals surface area contributed by atoms with E-state index in [-0.39, 0.29) is 25.4 Å². The average molecular weight is 523 g/mol. The third kappa shape index (κ3) is 4.69. The first-order valence-corrected chi connectivity index (χ1v) is 12.8. The smallest absolute Gasteiger partial charge is 0.337 e. The van der Waals surface area contributed by atoms with Crippen LogP contribution >= 0.6 is 0 Å². The summed E-state index contributed by atoms with van der Waals surface area (Å²) < 4.78 is 38.9.